The number of aromatic nitrogens is 1. The first-order chi connectivity index (χ1) is 10.4. The normalized spacial score (nSPS) is 21.4. The zero-order valence-electron chi connectivity index (χ0n) is 13.5. The number of carboxylic acid groups (broad SMARTS) is 1. The maximum absolute atomic E-state index is 12.5. The monoisotopic (exact) mass is 304 g/mol. The Bertz CT molecular complexity index is 563. The molecule has 0 radical (unpaired) electrons. The average Bonchev–Trinajstić information content (AvgIpc) is 2.53. The standard InChI is InChI=1S/C17H24N2O3/c1-4-12-5-7-13(8-6-12)19(3)16(20)15-10-9-14(17(21)22)11(2)18-15/h9-10,12-13H,4-8H2,1-3H3,(H,21,22). The molecule has 1 amide bonds. The van der Waals surface area contributed by atoms with Gasteiger partial charge in [0.05, 0.1) is 11.3 Å². The lowest BCUT2D eigenvalue weighted by Crippen LogP contribution is -2.39. The summed E-state index contributed by atoms with van der Waals surface area (Å²) in [5.74, 6) is -0.356. The summed E-state index contributed by atoms with van der Waals surface area (Å²) >= 11 is 0. The Morgan fingerprint density at radius 1 is 1.27 bits per heavy atom. The highest BCUT2D eigenvalue weighted by Crippen LogP contribution is 2.29. The van der Waals surface area contributed by atoms with Crippen LogP contribution in [0.15, 0.2) is 12.1 Å². The Balaban J connectivity index is 2.08. The first kappa shape index (κ1) is 16.5. The number of aromatic carboxylic acids is 1. The molecule has 1 heterocycles. The molecule has 0 unspecified atom stereocenters. The van der Waals surface area contributed by atoms with E-state index in [0.717, 1.165) is 18.8 Å². The van der Waals surface area contributed by atoms with Crippen molar-refractivity contribution in [2.45, 2.75) is 52.0 Å². The molecule has 1 fully saturated rings. The highest BCUT2D eigenvalue weighted by molar-refractivity contribution is 5.94. The van der Waals surface area contributed by atoms with Gasteiger partial charge in [-0.3, -0.25) is 4.79 Å². The molecule has 1 aliphatic carbocycles. The Kier molecular flexibility index (Phi) is 5.16. The van der Waals surface area contributed by atoms with Crippen molar-refractivity contribution in [1.29, 1.82) is 0 Å². The third-order valence-electron chi connectivity index (χ3n) is 4.80. The second-order valence-corrected chi connectivity index (χ2v) is 6.13. The Labute approximate surface area is 131 Å². The Hall–Kier alpha value is -1.91. The largest absolute Gasteiger partial charge is 0.478 e. The van der Waals surface area contributed by atoms with Gasteiger partial charge in [-0.05, 0) is 50.7 Å². The van der Waals surface area contributed by atoms with Crippen LogP contribution >= 0.6 is 0 Å². The molecule has 1 aliphatic rings. The van der Waals surface area contributed by atoms with Gasteiger partial charge in [-0.1, -0.05) is 13.3 Å². The fourth-order valence-corrected chi connectivity index (χ4v) is 3.19. The number of nitrogens with zero attached hydrogens (tertiary/aromatic N) is 2. The van der Waals surface area contributed by atoms with Crippen molar-refractivity contribution >= 4 is 11.9 Å². The summed E-state index contributed by atoms with van der Waals surface area (Å²) in [6, 6.07) is 3.23. The van der Waals surface area contributed by atoms with Crippen molar-refractivity contribution in [2.75, 3.05) is 7.05 Å². The van der Waals surface area contributed by atoms with Crippen LogP contribution in [-0.4, -0.2) is 40.0 Å². The third-order valence-corrected chi connectivity index (χ3v) is 4.80. The predicted molar refractivity (Wildman–Crippen MR) is 84.1 cm³/mol. The lowest BCUT2D eigenvalue weighted by atomic mass is 9.84. The first-order valence-electron chi connectivity index (χ1n) is 7.92. The average molecular weight is 304 g/mol. The van der Waals surface area contributed by atoms with Crippen LogP contribution in [-0.2, 0) is 0 Å². The van der Waals surface area contributed by atoms with Crippen LogP contribution in [0.25, 0.3) is 0 Å². The van der Waals surface area contributed by atoms with Crippen molar-refractivity contribution in [1.82, 2.24) is 9.88 Å². The smallest absolute Gasteiger partial charge is 0.337 e. The molecule has 5 nitrogen and oxygen atoms in total. The van der Waals surface area contributed by atoms with Gasteiger partial charge in [-0.15, -0.1) is 0 Å². The fraction of sp³-hybridized carbons (Fsp3) is 0.588. The second kappa shape index (κ2) is 6.90. The van der Waals surface area contributed by atoms with E-state index >= 15 is 0 Å². The molecule has 0 aliphatic heterocycles. The number of pyridine rings is 1. The van der Waals surface area contributed by atoms with Gasteiger partial charge in [0.1, 0.15) is 5.69 Å². The molecule has 0 atom stereocenters. The molecule has 120 valence electrons. The van der Waals surface area contributed by atoms with Gasteiger partial charge in [0.25, 0.3) is 5.91 Å². The van der Waals surface area contributed by atoms with E-state index in [1.807, 2.05) is 7.05 Å². The Morgan fingerprint density at radius 2 is 1.91 bits per heavy atom. The minimum atomic E-state index is -1.02. The summed E-state index contributed by atoms with van der Waals surface area (Å²) in [7, 11) is 1.82. The van der Waals surface area contributed by atoms with Gasteiger partial charge in [-0.25, -0.2) is 9.78 Å². The number of carbonyl (C=O) groups is 2. The maximum Gasteiger partial charge on any atom is 0.337 e. The van der Waals surface area contributed by atoms with Crippen molar-refractivity contribution < 1.29 is 14.7 Å². The lowest BCUT2D eigenvalue weighted by molar-refractivity contribution is 0.0661. The maximum atomic E-state index is 12.5. The molecule has 0 saturated heterocycles. The van der Waals surface area contributed by atoms with Gasteiger partial charge in [0, 0.05) is 13.1 Å². The molecule has 2 rings (SSSR count). The van der Waals surface area contributed by atoms with Gasteiger partial charge in [-0.2, -0.15) is 0 Å². The molecular formula is C17H24N2O3. The summed E-state index contributed by atoms with van der Waals surface area (Å²) in [6.45, 7) is 3.84. The van der Waals surface area contributed by atoms with Gasteiger partial charge in [0.15, 0.2) is 0 Å². The van der Waals surface area contributed by atoms with E-state index in [1.54, 1.807) is 11.8 Å². The summed E-state index contributed by atoms with van der Waals surface area (Å²) in [5, 5.41) is 9.02. The molecule has 1 saturated carbocycles. The Morgan fingerprint density at radius 3 is 2.41 bits per heavy atom. The number of hydrogen-bond donors (Lipinski definition) is 1. The van der Waals surface area contributed by atoms with Crippen molar-refractivity contribution in [3.8, 4) is 0 Å². The number of aryl methyl sites for hydroxylation is 1. The van der Waals surface area contributed by atoms with E-state index in [1.165, 1.54) is 31.4 Å². The number of hydrogen-bond acceptors (Lipinski definition) is 3. The van der Waals surface area contributed by atoms with Crippen LogP contribution < -0.4 is 0 Å². The summed E-state index contributed by atoms with van der Waals surface area (Å²) in [5.41, 5.74) is 0.840. The quantitative estimate of drug-likeness (QED) is 0.927. The van der Waals surface area contributed by atoms with Crippen LogP contribution in [0.5, 0.6) is 0 Å². The number of carboxylic acids is 1. The molecular weight excluding hydrogens is 280 g/mol. The van der Waals surface area contributed by atoms with E-state index in [4.69, 9.17) is 5.11 Å². The molecule has 1 aromatic rings. The SMILES string of the molecule is CCC1CCC(N(C)C(=O)c2ccc(C(=O)O)c(C)n2)CC1. The minimum absolute atomic E-state index is 0.125. The summed E-state index contributed by atoms with van der Waals surface area (Å²) in [6.07, 6.45) is 5.62. The zero-order chi connectivity index (χ0) is 16.3. The first-order valence-corrected chi connectivity index (χ1v) is 7.92. The highest BCUT2D eigenvalue weighted by Gasteiger charge is 2.27. The van der Waals surface area contributed by atoms with E-state index in [-0.39, 0.29) is 17.5 Å². The molecule has 5 heteroatoms. The molecule has 0 bridgehead atoms. The van der Waals surface area contributed by atoms with Crippen molar-refractivity contribution in [3.05, 3.63) is 29.1 Å². The third kappa shape index (κ3) is 3.46. The predicted octanol–water partition coefficient (Wildman–Crippen LogP) is 3.13. The zero-order valence-corrected chi connectivity index (χ0v) is 13.5. The van der Waals surface area contributed by atoms with Crippen LogP contribution in [0.2, 0.25) is 0 Å². The van der Waals surface area contributed by atoms with Crippen molar-refractivity contribution in [3.63, 3.8) is 0 Å². The van der Waals surface area contributed by atoms with E-state index in [0.29, 0.717) is 11.4 Å². The van der Waals surface area contributed by atoms with E-state index < -0.39 is 5.97 Å². The summed E-state index contributed by atoms with van der Waals surface area (Å²) < 4.78 is 0. The van der Waals surface area contributed by atoms with Gasteiger partial charge < -0.3 is 10.0 Å². The lowest BCUT2D eigenvalue weighted by Gasteiger charge is -2.34. The molecule has 0 spiro atoms. The van der Waals surface area contributed by atoms with Gasteiger partial charge >= 0.3 is 5.97 Å². The fourth-order valence-electron chi connectivity index (χ4n) is 3.19. The number of carbonyl (C=O) groups excluding carboxylic acids is 1. The number of rotatable bonds is 4. The minimum Gasteiger partial charge on any atom is -0.478 e. The summed E-state index contributed by atoms with van der Waals surface area (Å²) in [4.78, 5) is 29.5. The van der Waals surface area contributed by atoms with E-state index in [9.17, 15) is 9.59 Å². The van der Waals surface area contributed by atoms with Crippen LogP contribution in [0.3, 0.4) is 0 Å². The highest BCUT2D eigenvalue weighted by atomic mass is 16.4. The molecule has 22 heavy (non-hydrogen) atoms. The van der Waals surface area contributed by atoms with Crippen molar-refractivity contribution in [2.24, 2.45) is 5.92 Å². The number of amides is 1. The second-order valence-electron chi connectivity index (χ2n) is 6.13. The topological polar surface area (TPSA) is 70.5 Å². The molecule has 1 aromatic heterocycles. The van der Waals surface area contributed by atoms with Crippen LogP contribution in [0.4, 0.5) is 0 Å². The van der Waals surface area contributed by atoms with E-state index in [2.05, 4.69) is 11.9 Å². The van der Waals surface area contributed by atoms with Gasteiger partial charge in [0.2, 0.25) is 0 Å². The molecule has 0 aromatic carbocycles. The van der Waals surface area contributed by atoms with Crippen LogP contribution in [0, 0.1) is 12.8 Å². The molecule has 1 N–H and O–H groups in total. The van der Waals surface area contributed by atoms with Crippen LogP contribution in [0.1, 0.15) is 65.6 Å².